The van der Waals surface area contributed by atoms with Crippen LogP contribution in [0, 0.1) is 0 Å². The van der Waals surface area contributed by atoms with Gasteiger partial charge in [-0.25, -0.2) is 0 Å². The van der Waals surface area contributed by atoms with E-state index in [0.717, 1.165) is 12.8 Å². The highest BCUT2D eigenvalue weighted by Gasteiger charge is 2.15. The summed E-state index contributed by atoms with van der Waals surface area (Å²) in [4.78, 5) is 24.8. The first-order valence-corrected chi connectivity index (χ1v) is 9.80. The van der Waals surface area contributed by atoms with Gasteiger partial charge >= 0.3 is 0 Å². The second-order valence-electron chi connectivity index (χ2n) is 6.13. The Morgan fingerprint density at radius 2 is 1.72 bits per heavy atom. The number of unbranched alkanes of at least 4 members (excludes halogenated alkanes) is 1. The van der Waals surface area contributed by atoms with Crippen LogP contribution in [0.4, 0.5) is 5.69 Å². The zero-order valence-electron chi connectivity index (χ0n) is 16.2. The van der Waals surface area contributed by atoms with Crippen LogP contribution < -0.4 is 20.7 Å². The van der Waals surface area contributed by atoms with Gasteiger partial charge in [-0.1, -0.05) is 37.6 Å². The van der Waals surface area contributed by atoms with Crippen LogP contribution in [-0.2, 0) is 0 Å². The number of ether oxygens (including phenoxy) is 1. The number of aliphatic hydroxyl groups is 1. The van der Waals surface area contributed by atoms with Gasteiger partial charge in [0.1, 0.15) is 5.75 Å². The van der Waals surface area contributed by atoms with Crippen LogP contribution in [0.15, 0.2) is 48.5 Å². The minimum atomic E-state index is -0.406. The number of thiocarbonyl (C=S) groups is 1. The highest BCUT2D eigenvalue weighted by molar-refractivity contribution is 7.80. The minimum absolute atomic E-state index is 0.0563. The number of para-hydroxylation sites is 2. The van der Waals surface area contributed by atoms with E-state index in [1.54, 1.807) is 48.5 Å². The molecule has 8 heteroatoms. The number of hydrogen-bond acceptors (Lipinski definition) is 5. The molecule has 7 nitrogen and oxygen atoms in total. The predicted octanol–water partition coefficient (Wildman–Crippen LogP) is 2.71. The molecule has 154 valence electrons. The molecular formula is C21H25N3O4S. The average molecular weight is 416 g/mol. The molecule has 0 atom stereocenters. The van der Waals surface area contributed by atoms with E-state index in [0.29, 0.717) is 29.2 Å². The molecule has 0 bridgehead atoms. The minimum Gasteiger partial charge on any atom is -0.493 e. The normalized spacial score (nSPS) is 10.1. The summed E-state index contributed by atoms with van der Waals surface area (Å²) in [5, 5.41) is 17.0. The number of rotatable bonds is 9. The van der Waals surface area contributed by atoms with E-state index in [2.05, 4.69) is 22.9 Å². The van der Waals surface area contributed by atoms with Crippen LogP contribution in [0.1, 0.15) is 40.5 Å². The van der Waals surface area contributed by atoms with Crippen LogP contribution in [0.25, 0.3) is 0 Å². The summed E-state index contributed by atoms with van der Waals surface area (Å²) in [6.45, 7) is 2.58. The molecule has 2 amide bonds. The molecule has 0 unspecified atom stereocenters. The SMILES string of the molecule is CCCCOc1ccccc1C(=O)NC(=S)Nc1ccccc1C(=O)NCCO. The van der Waals surface area contributed by atoms with Crippen molar-refractivity contribution in [3.05, 3.63) is 59.7 Å². The number of carbonyl (C=O) groups excluding carboxylic acids is 2. The summed E-state index contributed by atoms with van der Waals surface area (Å²) < 4.78 is 5.69. The van der Waals surface area contributed by atoms with Crippen molar-refractivity contribution < 1.29 is 19.4 Å². The third-order valence-electron chi connectivity index (χ3n) is 3.93. The van der Waals surface area contributed by atoms with Gasteiger partial charge in [0.15, 0.2) is 5.11 Å². The Morgan fingerprint density at radius 1 is 1.03 bits per heavy atom. The second-order valence-corrected chi connectivity index (χ2v) is 6.54. The lowest BCUT2D eigenvalue weighted by Crippen LogP contribution is -2.35. The molecule has 0 aliphatic carbocycles. The Hall–Kier alpha value is -2.97. The van der Waals surface area contributed by atoms with Crippen molar-refractivity contribution in [2.75, 3.05) is 25.1 Å². The van der Waals surface area contributed by atoms with Gasteiger partial charge in [-0.15, -0.1) is 0 Å². The molecule has 0 saturated heterocycles. The number of amides is 2. The molecule has 2 rings (SSSR count). The predicted molar refractivity (Wildman–Crippen MR) is 116 cm³/mol. The molecule has 0 saturated carbocycles. The third kappa shape index (κ3) is 6.85. The standard InChI is InChI=1S/C21H25N3O4S/c1-2-3-14-28-18-11-7-5-9-16(18)20(27)24-21(29)23-17-10-6-4-8-15(17)19(26)22-12-13-25/h4-11,25H,2-3,12-14H2,1H3,(H,22,26)(H2,23,24,27,29). The summed E-state index contributed by atoms with van der Waals surface area (Å²) in [6.07, 6.45) is 1.89. The van der Waals surface area contributed by atoms with Crippen LogP contribution in [0.2, 0.25) is 0 Å². The van der Waals surface area contributed by atoms with Crippen LogP contribution in [-0.4, -0.2) is 41.8 Å². The Bertz CT molecular complexity index is 857. The molecule has 0 heterocycles. The zero-order valence-corrected chi connectivity index (χ0v) is 17.1. The summed E-state index contributed by atoms with van der Waals surface area (Å²) in [5.74, 6) is -0.271. The molecule has 2 aromatic rings. The lowest BCUT2D eigenvalue weighted by molar-refractivity contribution is 0.0944. The van der Waals surface area contributed by atoms with E-state index in [9.17, 15) is 9.59 Å². The van der Waals surface area contributed by atoms with E-state index < -0.39 is 5.91 Å². The van der Waals surface area contributed by atoms with Gasteiger partial charge in [0.25, 0.3) is 11.8 Å². The largest absolute Gasteiger partial charge is 0.493 e. The molecule has 29 heavy (non-hydrogen) atoms. The smallest absolute Gasteiger partial charge is 0.261 e. The summed E-state index contributed by atoms with van der Waals surface area (Å²) in [5.41, 5.74) is 1.17. The number of hydrogen-bond donors (Lipinski definition) is 4. The van der Waals surface area contributed by atoms with E-state index >= 15 is 0 Å². The van der Waals surface area contributed by atoms with Crippen LogP contribution in [0.3, 0.4) is 0 Å². The first-order valence-electron chi connectivity index (χ1n) is 9.39. The van der Waals surface area contributed by atoms with Gasteiger partial charge < -0.3 is 20.5 Å². The van der Waals surface area contributed by atoms with Crippen molar-refractivity contribution in [3.8, 4) is 5.75 Å². The number of aliphatic hydroxyl groups excluding tert-OH is 1. The highest BCUT2D eigenvalue weighted by atomic mass is 32.1. The summed E-state index contributed by atoms with van der Waals surface area (Å²) in [7, 11) is 0. The average Bonchev–Trinajstić information content (AvgIpc) is 2.72. The fourth-order valence-corrected chi connectivity index (χ4v) is 2.69. The van der Waals surface area contributed by atoms with E-state index in [-0.39, 0.29) is 24.2 Å². The van der Waals surface area contributed by atoms with Gasteiger partial charge in [0.2, 0.25) is 0 Å². The lowest BCUT2D eigenvalue weighted by Gasteiger charge is -2.15. The molecule has 2 aromatic carbocycles. The van der Waals surface area contributed by atoms with Crippen molar-refractivity contribution in [3.63, 3.8) is 0 Å². The fraction of sp³-hybridized carbons (Fsp3) is 0.286. The molecule has 0 radical (unpaired) electrons. The van der Waals surface area contributed by atoms with Crippen LogP contribution >= 0.6 is 12.2 Å². The molecule has 0 aromatic heterocycles. The lowest BCUT2D eigenvalue weighted by atomic mass is 10.1. The quantitative estimate of drug-likeness (QED) is 0.371. The fourth-order valence-electron chi connectivity index (χ4n) is 2.49. The molecular weight excluding hydrogens is 390 g/mol. The third-order valence-corrected chi connectivity index (χ3v) is 4.14. The van der Waals surface area contributed by atoms with Gasteiger partial charge in [-0.2, -0.15) is 0 Å². The maximum Gasteiger partial charge on any atom is 0.261 e. The zero-order chi connectivity index (χ0) is 21.1. The van der Waals surface area contributed by atoms with Crippen molar-refractivity contribution in [1.82, 2.24) is 10.6 Å². The Morgan fingerprint density at radius 3 is 2.45 bits per heavy atom. The van der Waals surface area contributed by atoms with Gasteiger partial charge in [0.05, 0.1) is 30.0 Å². The molecule has 0 fully saturated rings. The van der Waals surface area contributed by atoms with Crippen molar-refractivity contribution in [2.45, 2.75) is 19.8 Å². The number of carbonyl (C=O) groups is 2. The molecule has 4 N–H and O–H groups in total. The van der Waals surface area contributed by atoms with Gasteiger partial charge in [-0.3, -0.25) is 14.9 Å². The topological polar surface area (TPSA) is 99.7 Å². The summed E-state index contributed by atoms with van der Waals surface area (Å²) >= 11 is 5.24. The maximum absolute atomic E-state index is 12.6. The van der Waals surface area contributed by atoms with Gasteiger partial charge in [0, 0.05) is 6.54 Å². The maximum atomic E-state index is 12.6. The van der Waals surface area contributed by atoms with E-state index in [1.165, 1.54) is 0 Å². The number of anilines is 1. The van der Waals surface area contributed by atoms with Crippen molar-refractivity contribution >= 4 is 34.8 Å². The van der Waals surface area contributed by atoms with Crippen molar-refractivity contribution in [2.24, 2.45) is 0 Å². The van der Waals surface area contributed by atoms with E-state index in [4.69, 9.17) is 22.1 Å². The molecule has 0 aliphatic heterocycles. The molecule has 0 spiro atoms. The second kappa shape index (κ2) is 11.8. The Kier molecular flexibility index (Phi) is 9.07. The van der Waals surface area contributed by atoms with Crippen LogP contribution in [0.5, 0.6) is 5.75 Å². The monoisotopic (exact) mass is 415 g/mol. The van der Waals surface area contributed by atoms with Crippen molar-refractivity contribution in [1.29, 1.82) is 0 Å². The molecule has 0 aliphatic rings. The number of nitrogens with one attached hydrogen (secondary N) is 3. The first kappa shape index (κ1) is 22.3. The Labute approximate surface area is 175 Å². The van der Waals surface area contributed by atoms with Gasteiger partial charge in [-0.05, 0) is 42.9 Å². The summed E-state index contributed by atoms with van der Waals surface area (Å²) in [6, 6.07) is 13.7. The number of benzene rings is 2. The first-order chi connectivity index (χ1) is 14.1. The highest BCUT2D eigenvalue weighted by Crippen LogP contribution is 2.19. The Balaban J connectivity index is 2.05. The van der Waals surface area contributed by atoms with E-state index in [1.807, 2.05) is 0 Å².